The van der Waals surface area contributed by atoms with Crippen LogP contribution in [0.3, 0.4) is 0 Å². The lowest BCUT2D eigenvalue weighted by Gasteiger charge is -2.10. The smallest absolute Gasteiger partial charge is 0.411 e. The molecule has 130 valence electrons. The fourth-order valence-corrected chi connectivity index (χ4v) is 2.01. The second-order valence-electron chi connectivity index (χ2n) is 5.06. The molecule has 25 heavy (non-hydrogen) atoms. The van der Waals surface area contributed by atoms with Crippen LogP contribution in [0.2, 0.25) is 0 Å². The molecule has 1 N–H and O–H groups in total. The topological polar surface area (TPSA) is 80.6 Å². The highest BCUT2D eigenvalue weighted by Gasteiger charge is 2.03. The van der Waals surface area contributed by atoms with Gasteiger partial charge in [-0.2, -0.15) is 5.26 Å². The Morgan fingerprint density at radius 1 is 1.08 bits per heavy atom. The number of hydrogen-bond donors (Lipinski definition) is 1. The molecule has 0 unspecified atom stereocenters. The van der Waals surface area contributed by atoms with Gasteiger partial charge in [0.25, 0.3) is 0 Å². The largest absolute Gasteiger partial charge is 0.493 e. The third kappa shape index (κ3) is 6.43. The Morgan fingerprint density at radius 3 is 2.48 bits per heavy atom. The van der Waals surface area contributed by atoms with Gasteiger partial charge in [-0.25, -0.2) is 4.79 Å². The molecule has 2 rings (SSSR count). The summed E-state index contributed by atoms with van der Waals surface area (Å²) in [5.74, 6) is 1.38. The number of carbonyl (C=O) groups is 1. The highest BCUT2D eigenvalue weighted by atomic mass is 16.5. The lowest BCUT2D eigenvalue weighted by Crippen LogP contribution is -2.13. The normalized spacial score (nSPS) is 9.76. The quantitative estimate of drug-likeness (QED) is 0.735. The van der Waals surface area contributed by atoms with E-state index in [2.05, 4.69) is 11.4 Å². The molecule has 0 spiro atoms. The van der Waals surface area contributed by atoms with Crippen molar-refractivity contribution in [2.24, 2.45) is 0 Å². The van der Waals surface area contributed by atoms with Gasteiger partial charge in [-0.15, -0.1) is 0 Å². The lowest BCUT2D eigenvalue weighted by atomic mass is 10.2. The molecule has 0 heterocycles. The molecule has 0 aromatic heterocycles. The monoisotopic (exact) mass is 340 g/mol. The highest BCUT2D eigenvalue weighted by molar-refractivity contribution is 5.84. The predicted octanol–water partition coefficient (Wildman–Crippen LogP) is 3.97. The van der Waals surface area contributed by atoms with E-state index in [0.29, 0.717) is 43.2 Å². The van der Waals surface area contributed by atoms with Gasteiger partial charge >= 0.3 is 6.09 Å². The number of hydrogen-bond acceptors (Lipinski definition) is 5. The van der Waals surface area contributed by atoms with Crippen molar-refractivity contribution in [1.29, 1.82) is 5.26 Å². The summed E-state index contributed by atoms with van der Waals surface area (Å²) in [6.45, 7) is 3.06. The molecule has 0 aliphatic heterocycles. The molecular formula is C19H20N2O4. The zero-order valence-corrected chi connectivity index (χ0v) is 14.0. The number of anilines is 1. The van der Waals surface area contributed by atoms with Crippen molar-refractivity contribution >= 4 is 11.8 Å². The summed E-state index contributed by atoms with van der Waals surface area (Å²) in [6.07, 6.45) is 0.214. The van der Waals surface area contributed by atoms with Crippen LogP contribution in [0.25, 0.3) is 0 Å². The molecule has 2 aromatic carbocycles. The van der Waals surface area contributed by atoms with Crippen molar-refractivity contribution in [2.45, 2.75) is 13.3 Å². The van der Waals surface area contributed by atoms with E-state index in [1.54, 1.807) is 49.4 Å². The Hall–Kier alpha value is -3.20. The molecule has 6 heteroatoms. The average Bonchev–Trinajstić information content (AvgIpc) is 2.62. The maximum atomic E-state index is 11.4. The zero-order chi connectivity index (χ0) is 17.9. The minimum Gasteiger partial charge on any atom is -0.493 e. The van der Waals surface area contributed by atoms with E-state index >= 15 is 0 Å². The molecule has 0 atom stereocenters. The molecule has 1 amide bonds. The van der Waals surface area contributed by atoms with Crippen LogP contribution >= 0.6 is 0 Å². The molecular weight excluding hydrogens is 320 g/mol. The van der Waals surface area contributed by atoms with Crippen molar-refractivity contribution < 1.29 is 19.0 Å². The second-order valence-corrected chi connectivity index (χ2v) is 5.06. The van der Waals surface area contributed by atoms with Gasteiger partial charge < -0.3 is 14.2 Å². The highest BCUT2D eigenvalue weighted by Crippen LogP contribution is 2.18. The molecule has 0 aliphatic rings. The van der Waals surface area contributed by atoms with Gasteiger partial charge in [0.05, 0.1) is 31.5 Å². The van der Waals surface area contributed by atoms with E-state index in [1.807, 2.05) is 6.07 Å². The van der Waals surface area contributed by atoms with Crippen LogP contribution in [0, 0.1) is 11.3 Å². The lowest BCUT2D eigenvalue weighted by molar-refractivity contribution is 0.168. The van der Waals surface area contributed by atoms with Gasteiger partial charge in [-0.3, -0.25) is 5.32 Å². The molecule has 6 nitrogen and oxygen atoms in total. The van der Waals surface area contributed by atoms with Gasteiger partial charge in [0.2, 0.25) is 0 Å². The number of ether oxygens (including phenoxy) is 3. The van der Waals surface area contributed by atoms with E-state index in [1.165, 1.54) is 0 Å². The standard InChI is InChI=1S/C19H20N2O4/c1-2-23-19(22)21-16-5-3-6-18(13-16)25-12-4-11-24-17-9-7-15(14-20)8-10-17/h3,5-10,13H,2,4,11-12H2,1H3,(H,21,22). The van der Waals surface area contributed by atoms with E-state index in [0.717, 1.165) is 5.75 Å². The summed E-state index contributed by atoms with van der Waals surface area (Å²) in [6, 6.07) is 16.1. The number of benzene rings is 2. The zero-order valence-electron chi connectivity index (χ0n) is 14.0. The molecule has 0 saturated carbocycles. The minimum absolute atomic E-state index is 0.321. The van der Waals surface area contributed by atoms with Crippen molar-refractivity contribution in [1.82, 2.24) is 0 Å². The first kappa shape index (κ1) is 18.1. The molecule has 0 aliphatic carbocycles. The number of amides is 1. The fraction of sp³-hybridized carbons (Fsp3) is 0.263. The number of nitriles is 1. The van der Waals surface area contributed by atoms with Crippen LogP contribution in [-0.2, 0) is 4.74 Å². The average molecular weight is 340 g/mol. The summed E-state index contributed by atoms with van der Waals surface area (Å²) in [7, 11) is 0. The van der Waals surface area contributed by atoms with Crippen molar-refractivity contribution in [2.75, 3.05) is 25.1 Å². The number of rotatable bonds is 8. The first-order valence-electron chi connectivity index (χ1n) is 8.01. The van der Waals surface area contributed by atoms with E-state index in [9.17, 15) is 4.79 Å². The summed E-state index contributed by atoms with van der Waals surface area (Å²) < 4.78 is 16.1. The maximum Gasteiger partial charge on any atom is 0.411 e. The van der Waals surface area contributed by atoms with Crippen LogP contribution in [0.5, 0.6) is 11.5 Å². The maximum absolute atomic E-state index is 11.4. The molecule has 2 aromatic rings. The van der Waals surface area contributed by atoms with Crippen LogP contribution < -0.4 is 14.8 Å². The Bertz CT molecular complexity index is 723. The van der Waals surface area contributed by atoms with Gasteiger partial charge in [-0.1, -0.05) is 6.07 Å². The molecule has 0 radical (unpaired) electrons. The van der Waals surface area contributed by atoms with Gasteiger partial charge in [0.1, 0.15) is 11.5 Å². The summed E-state index contributed by atoms with van der Waals surface area (Å²) >= 11 is 0. The molecule has 0 saturated heterocycles. The SMILES string of the molecule is CCOC(=O)Nc1cccc(OCCCOc2ccc(C#N)cc2)c1. The van der Waals surface area contributed by atoms with Gasteiger partial charge in [0.15, 0.2) is 0 Å². The molecule has 0 fully saturated rings. The Labute approximate surface area is 146 Å². The first-order valence-corrected chi connectivity index (χ1v) is 8.01. The minimum atomic E-state index is -0.490. The first-order chi connectivity index (χ1) is 12.2. The number of nitrogens with zero attached hydrogens (tertiary/aromatic N) is 1. The predicted molar refractivity (Wildman–Crippen MR) is 93.9 cm³/mol. The molecule has 0 bridgehead atoms. The third-order valence-electron chi connectivity index (χ3n) is 3.17. The fourth-order valence-electron chi connectivity index (χ4n) is 2.01. The van der Waals surface area contributed by atoms with Crippen molar-refractivity contribution in [3.63, 3.8) is 0 Å². The number of nitrogens with one attached hydrogen (secondary N) is 1. The third-order valence-corrected chi connectivity index (χ3v) is 3.17. The van der Waals surface area contributed by atoms with Crippen molar-refractivity contribution in [3.8, 4) is 17.6 Å². The Balaban J connectivity index is 1.70. The summed E-state index contributed by atoms with van der Waals surface area (Å²) in [5.41, 5.74) is 1.22. The van der Waals surface area contributed by atoms with Crippen LogP contribution in [0.4, 0.5) is 10.5 Å². The van der Waals surface area contributed by atoms with Crippen LogP contribution in [0.1, 0.15) is 18.9 Å². The van der Waals surface area contributed by atoms with Crippen LogP contribution in [-0.4, -0.2) is 25.9 Å². The van der Waals surface area contributed by atoms with Crippen LogP contribution in [0.15, 0.2) is 48.5 Å². The van der Waals surface area contributed by atoms with Gasteiger partial charge in [0, 0.05) is 18.2 Å². The van der Waals surface area contributed by atoms with Crippen molar-refractivity contribution in [3.05, 3.63) is 54.1 Å². The van der Waals surface area contributed by atoms with E-state index in [-0.39, 0.29) is 0 Å². The number of carbonyl (C=O) groups excluding carboxylic acids is 1. The second kappa shape index (κ2) is 9.83. The summed E-state index contributed by atoms with van der Waals surface area (Å²) in [4.78, 5) is 11.4. The summed E-state index contributed by atoms with van der Waals surface area (Å²) in [5, 5.41) is 11.4. The Morgan fingerprint density at radius 2 is 1.80 bits per heavy atom. The van der Waals surface area contributed by atoms with Gasteiger partial charge in [-0.05, 0) is 43.3 Å². The van der Waals surface area contributed by atoms with E-state index in [4.69, 9.17) is 19.5 Å². The van der Waals surface area contributed by atoms with E-state index < -0.39 is 6.09 Å². The Kier molecular flexibility index (Phi) is 7.13.